The molecule has 598 valence electrons. The van der Waals surface area contributed by atoms with Crippen molar-refractivity contribution in [3.8, 4) is 40.6 Å². The van der Waals surface area contributed by atoms with Crippen molar-refractivity contribution in [3.05, 3.63) is 287 Å². The van der Waals surface area contributed by atoms with Crippen LogP contribution in [0.4, 0.5) is 0 Å². The van der Waals surface area contributed by atoms with Crippen molar-refractivity contribution < 1.29 is 70.6 Å². The average molecular weight is 1550 g/mol. The van der Waals surface area contributed by atoms with Gasteiger partial charge in [0.15, 0.2) is 0 Å². The van der Waals surface area contributed by atoms with Gasteiger partial charge in [-0.05, 0) is 183 Å². The zero-order valence-corrected chi connectivity index (χ0v) is 68.3. The van der Waals surface area contributed by atoms with Crippen molar-refractivity contribution in [2.45, 2.75) is 121 Å². The van der Waals surface area contributed by atoms with Gasteiger partial charge in [0.1, 0.15) is 51.3 Å². The molecule has 9 rings (SSSR count). The minimum absolute atomic E-state index is 0.246. The Hall–Kier alpha value is -8.70. The maximum absolute atomic E-state index is 9.23. The number of ether oxygens (including phenoxy) is 13. The first-order valence-corrected chi connectivity index (χ1v) is 40.5. The first-order chi connectivity index (χ1) is 54.8. The van der Waals surface area contributed by atoms with E-state index in [9.17, 15) is 5.26 Å². The Labute approximate surface area is 667 Å². The summed E-state index contributed by atoms with van der Waals surface area (Å²) in [6.07, 6.45) is 7.96. The summed E-state index contributed by atoms with van der Waals surface area (Å²) in [4.78, 5) is 0. The molecular weight excluding hydrogens is 1430 g/mol. The second-order valence-electron chi connectivity index (χ2n) is 28.3. The van der Waals surface area contributed by atoms with Gasteiger partial charge in [-0.2, -0.15) is 5.26 Å². The number of benzene rings is 9. The molecule has 0 amide bonds. The predicted molar refractivity (Wildman–Crippen MR) is 443 cm³/mol. The van der Waals surface area contributed by atoms with E-state index in [1.807, 2.05) is 127 Å². The highest BCUT2D eigenvalue weighted by molar-refractivity contribution is 7.44. The molecule has 17 nitrogen and oxygen atoms in total. The number of nitrogens with zero attached hydrogens (tertiary/aromatic N) is 2. The Kier molecular flexibility index (Phi) is 36.2. The van der Waals surface area contributed by atoms with Crippen LogP contribution in [-0.2, 0) is 59.0 Å². The maximum atomic E-state index is 9.23. The monoisotopic (exact) mass is 1540 g/mol. The molecule has 0 saturated heterocycles. The fourth-order valence-corrected chi connectivity index (χ4v) is 15.9. The first-order valence-electron chi connectivity index (χ1n) is 39.3. The topological polar surface area (TPSA) is 165 Å². The molecule has 1 unspecified atom stereocenters. The third-order valence-corrected chi connectivity index (χ3v) is 22.1. The molecule has 0 N–H and O–H groups in total. The molecule has 1 atom stereocenters. The number of methoxy groups -OCH3 is 6. The highest BCUT2D eigenvalue weighted by atomic mass is 31.2. The number of rotatable bonds is 54. The van der Waals surface area contributed by atoms with Crippen LogP contribution < -0.4 is 28.4 Å². The lowest BCUT2D eigenvalue weighted by molar-refractivity contribution is -0.113. The fraction of sp³-hybridized carbons (Fsp3) is 0.415. The summed E-state index contributed by atoms with van der Waals surface area (Å²) in [5.74, 6) is 4.47. The van der Waals surface area contributed by atoms with E-state index in [1.165, 1.54) is 0 Å². The van der Waals surface area contributed by atoms with E-state index < -0.39 is 30.7 Å². The molecule has 0 heterocycles. The van der Waals surface area contributed by atoms with Crippen molar-refractivity contribution in [2.75, 3.05) is 129 Å². The second-order valence-corrected chi connectivity index (χ2v) is 29.8. The quantitative estimate of drug-likeness (QED) is 0.0201. The summed E-state index contributed by atoms with van der Waals surface area (Å²) >= 11 is 0. The van der Waals surface area contributed by atoms with Crippen molar-refractivity contribution >= 4 is 8.53 Å². The SMILES string of the molecule is COc1ccc(C(OCCCOCC(COCCCCCCCCOP(OCCC#N)N(C(C)C)C(C)C)(COCCCOC(c2ccccc2)(c2ccc(OC)cc2)c2ccc(OC)cc2)COCCCOC(c2ccccc2)(c2ccc(OC)cc2)c2ccc(OC)cc2)(c2ccccc2)c2ccc(OC)cc2)cc1. The van der Waals surface area contributed by atoms with E-state index >= 15 is 0 Å². The van der Waals surface area contributed by atoms with Crippen LogP contribution in [0, 0.1) is 16.7 Å². The van der Waals surface area contributed by atoms with Gasteiger partial charge in [-0.1, -0.05) is 189 Å². The lowest BCUT2D eigenvalue weighted by Crippen LogP contribution is -2.42. The van der Waals surface area contributed by atoms with Crippen LogP contribution >= 0.6 is 8.53 Å². The Morgan fingerprint density at radius 1 is 0.286 bits per heavy atom. The van der Waals surface area contributed by atoms with Crippen molar-refractivity contribution in [2.24, 2.45) is 5.41 Å². The van der Waals surface area contributed by atoms with Crippen LogP contribution in [0.25, 0.3) is 0 Å². The lowest BCUT2D eigenvalue weighted by Gasteiger charge is -2.36. The maximum Gasteiger partial charge on any atom is 0.259 e. The van der Waals surface area contributed by atoms with Crippen LogP contribution in [-0.4, -0.2) is 145 Å². The van der Waals surface area contributed by atoms with Crippen LogP contribution in [0.1, 0.15) is 142 Å². The van der Waals surface area contributed by atoms with Crippen LogP contribution in [0.3, 0.4) is 0 Å². The first kappa shape index (κ1) is 87.3. The summed E-state index contributed by atoms with van der Waals surface area (Å²) < 4.78 is 98.4. The molecule has 18 heteroatoms. The van der Waals surface area contributed by atoms with Crippen LogP contribution in [0.15, 0.2) is 237 Å². The molecule has 0 bridgehead atoms. The van der Waals surface area contributed by atoms with Gasteiger partial charge < -0.3 is 70.6 Å². The Bertz CT molecular complexity index is 3560. The third-order valence-electron chi connectivity index (χ3n) is 20.0. The molecule has 0 aliphatic carbocycles. The zero-order valence-electron chi connectivity index (χ0n) is 67.4. The highest BCUT2D eigenvalue weighted by Crippen LogP contribution is 2.48. The van der Waals surface area contributed by atoms with Crippen molar-refractivity contribution in [1.82, 2.24) is 4.67 Å². The standard InChI is InChI=1S/C94H117N2O15P/c1-74(2)96(75(3)4)112(111-69-26-60-95)110-68-25-14-12-11-13-24-61-103-70-91(71-104-62-27-65-107-92(76-30-18-15-19-31-76,79-36-48-85(97-5)49-37-79)80-38-50-86(98-6)51-39-80,72-105-63-28-66-108-93(77-32-20-16-21-33-77,81-40-52-87(99-7)53-41-81)82-42-54-88(100-8)55-43-82)73-106-64-29-67-109-94(78-34-22-17-23-35-78,83-44-56-89(101-9)57-45-83)84-46-58-90(102-10)59-47-84/h15-23,30-59,74-75H,11-14,24-29,61-73H2,1-10H3. The van der Waals surface area contributed by atoms with Crippen LogP contribution in [0.2, 0.25) is 0 Å². The van der Waals surface area contributed by atoms with Crippen LogP contribution in [0.5, 0.6) is 34.5 Å². The molecule has 9 aromatic rings. The normalized spacial score (nSPS) is 12.3. The van der Waals surface area contributed by atoms with Gasteiger partial charge in [0, 0.05) is 38.5 Å². The van der Waals surface area contributed by atoms with Gasteiger partial charge in [0.05, 0.1) is 120 Å². The largest absolute Gasteiger partial charge is 0.497 e. The van der Waals surface area contributed by atoms with E-state index in [1.54, 1.807) is 42.7 Å². The molecule has 0 aliphatic rings. The van der Waals surface area contributed by atoms with Gasteiger partial charge in [-0.25, -0.2) is 4.67 Å². The molecule has 0 fully saturated rings. The zero-order chi connectivity index (χ0) is 79.1. The van der Waals surface area contributed by atoms with E-state index in [0.29, 0.717) is 91.8 Å². The molecule has 0 aliphatic heterocycles. The second kappa shape index (κ2) is 46.5. The molecule has 9 aromatic carbocycles. The Balaban J connectivity index is 0.962. The summed E-state index contributed by atoms with van der Waals surface area (Å²) in [7, 11) is 8.77. The predicted octanol–water partition coefficient (Wildman–Crippen LogP) is 19.9. The number of hydrogen-bond acceptors (Lipinski definition) is 17. The number of unbranched alkanes of at least 4 members (excludes halogenated alkanes) is 5. The summed E-state index contributed by atoms with van der Waals surface area (Å²) in [5.41, 5.74) is 4.81. The number of hydrogen-bond donors (Lipinski definition) is 0. The summed E-state index contributed by atoms with van der Waals surface area (Å²) in [6.45, 7) is 13.4. The minimum Gasteiger partial charge on any atom is -0.497 e. The van der Waals surface area contributed by atoms with E-state index in [4.69, 9.17) is 70.6 Å². The third kappa shape index (κ3) is 23.9. The Morgan fingerprint density at radius 2 is 0.518 bits per heavy atom. The summed E-state index contributed by atoms with van der Waals surface area (Å²) in [6, 6.07) is 82.2. The van der Waals surface area contributed by atoms with E-state index in [2.05, 4.69) is 148 Å². The molecule has 0 spiro atoms. The molecule has 112 heavy (non-hydrogen) atoms. The highest BCUT2D eigenvalue weighted by Gasteiger charge is 2.42. The Morgan fingerprint density at radius 3 is 0.768 bits per heavy atom. The average Bonchev–Trinajstić information content (AvgIpc) is 0.767. The van der Waals surface area contributed by atoms with Crippen molar-refractivity contribution in [3.63, 3.8) is 0 Å². The molecular formula is C94H117N2O15P. The van der Waals surface area contributed by atoms with E-state index in [-0.39, 0.29) is 31.9 Å². The van der Waals surface area contributed by atoms with Gasteiger partial charge in [-0.15, -0.1) is 0 Å². The smallest absolute Gasteiger partial charge is 0.259 e. The van der Waals surface area contributed by atoms with Gasteiger partial charge in [0.25, 0.3) is 8.53 Å². The number of nitriles is 1. The minimum atomic E-state index is -1.27. The van der Waals surface area contributed by atoms with E-state index in [0.717, 1.165) is 123 Å². The van der Waals surface area contributed by atoms with Gasteiger partial charge in [0.2, 0.25) is 0 Å². The fourth-order valence-electron chi connectivity index (χ4n) is 14.3. The molecule has 0 saturated carbocycles. The van der Waals surface area contributed by atoms with Gasteiger partial charge >= 0.3 is 0 Å². The molecule has 0 radical (unpaired) electrons. The lowest BCUT2D eigenvalue weighted by atomic mass is 9.80. The van der Waals surface area contributed by atoms with Crippen molar-refractivity contribution in [1.29, 1.82) is 5.26 Å². The molecule has 0 aromatic heterocycles. The van der Waals surface area contributed by atoms with Gasteiger partial charge in [-0.3, -0.25) is 0 Å². The summed E-state index contributed by atoms with van der Waals surface area (Å²) in [5, 5.41) is 9.23.